The van der Waals surface area contributed by atoms with E-state index in [-0.39, 0.29) is 12.8 Å². The summed E-state index contributed by atoms with van der Waals surface area (Å²) in [6.45, 7) is 32.9. The number of rotatable bonds is 0. The Bertz CT molecular complexity index is 523. The summed E-state index contributed by atoms with van der Waals surface area (Å²) in [5.74, 6) is -7.01. The molecule has 0 spiro atoms. The molecule has 0 amide bonds. The Morgan fingerprint density at radius 1 is 0.479 bits per heavy atom. The van der Waals surface area contributed by atoms with E-state index in [0.717, 1.165) is 0 Å². The molecule has 1 rings (SSSR count). The quantitative estimate of drug-likeness (QED) is 0.0864. The van der Waals surface area contributed by atoms with Crippen LogP contribution in [-0.4, -0.2) is 66.0 Å². The largest absolute Gasteiger partial charge is 0.865 e. The minimum atomic E-state index is -5.39. The molecule has 0 radical (unpaired) electrons. The van der Waals surface area contributed by atoms with Crippen molar-refractivity contribution in [1.82, 2.24) is 0 Å². The van der Waals surface area contributed by atoms with Crippen LogP contribution in [0.4, 0.5) is 0 Å². The fourth-order valence-corrected chi connectivity index (χ4v) is 1.13. The van der Waals surface area contributed by atoms with Crippen molar-refractivity contribution in [1.29, 1.82) is 0 Å². The molecule has 1 aliphatic rings. The average molecular weight is 735 g/mol. The Morgan fingerprint density at radius 2 is 0.604 bits per heavy atom. The maximum atomic E-state index is 10.6. The Balaban J connectivity index is -0.0000000521. The number of hydrogen-bond acceptors (Lipinski definition) is 9. The van der Waals surface area contributed by atoms with Gasteiger partial charge in [0.1, 0.15) is 0 Å². The summed E-state index contributed by atoms with van der Waals surface area (Å²) >= 11 is 0. The first-order valence-corrected chi connectivity index (χ1v) is 18.0. The maximum absolute atomic E-state index is 10.6. The Hall–Kier alpha value is -0.410. The Morgan fingerprint density at radius 3 is 0.688 bits per heavy atom. The van der Waals surface area contributed by atoms with Crippen molar-refractivity contribution in [2.75, 3.05) is 0 Å². The van der Waals surface area contributed by atoms with Gasteiger partial charge in [-0.3, -0.25) is 5.79 Å². The highest BCUT2D eigenvalue weighted by molar-refractivity contribution is 7.40. The van der Waals surface area contributed by atoms with Crippen LogP contribution in [-0.2, 0) is 4.57 Å². The van der Waals surface area contributed by atoms with Gasteiger partial charge in [0.15, 0.2) is 0 Å². The van der Waals surface area contributed by atoms with Crippen LogP contribution in [0.15, 0.2) is 0 Å². The van der Waals surface area contributed by atoms with Crippen molar-refractivity contribution >= 4 is 7.82 Å². The van der Waals surface area contributed by atoms with E-state index in [1.807, 2.05) is 0 Å². The van der Waals surface area contributed by atoms with Crippen molar-refractivity contribution in [2.45, 2.75) is 196 Å². The molecule has 17 nitrogen and oxygen atoms in total. The van der Waals surface area contributed by atoms with Crippen LogP contribution >= 0.6 is 7.82 Å². The highest BCUT2D eigenvalue weighted by Crippen LogP contribution is 2.23. The molecule has 0 heterocycles. The third-order valence-corrected chi connectivity index (χ3v) is 1.93. The van der Waals surface area contributed by atoms with E-state index in [0.29, 0.717) is 48.3 Å². The van der Waals surface area contributed by atoms with Crippen LogP contribution in [0.2, 0.25) is 0 Å². The van der Waals surface area contributed by atoms with Crippen molar-refractivity contribution in [2.24, 2.45) is 0 Å². The third-order valence-electron chi connectivity index (χ3n) is 1.93. The van der Waals surface area contributed by atoms with Gasteiger partial charge in [0.25, 0.3) is 0 Å². The van der Waals surface area contributed by atoms with Gasteiger partial charge in [0, 0.05) is 0 Å². The SMILES string of the molecule is CC(C)[NH3+].CC(C)[NH3+].CC(C)[NH3+].CC(C)[NH3+].CC(C)[NH3+].CC(C)[NH3+].CC(C)[NH3+].CC(C)[NH3+].O=P([O-])([O-])[O-].[O-]C1CCCC([O-])([O-])C1([O-])[O-]. The predicted octanol–water partition coefficient (Wildman–Crippen LogP) is -11.0. The summed E-state index contributed by atoms with van der Waals surface area (Å²) in [6.07, 6.45) is -2.68. The Kier molecular flexibility index (Phi) is 61.8. The van der Waals surface area contributed by atoms with Gasteiger partial charge in [0.05, 0.1) is 48.3 Å². The van der Waals surface area contributed by atoms with Crippen LogP contribution in [0.3, 0.4) is 0 Å². The lowest BCUT2D eigenvalue weighted by Crippen LogP contribution is -2.89. The molecule has 0 bridgehead atoms. The van der Waals surface area contributed by atoms with Gasteiger partial charge in [-0.1, -0.05) is 19.3 Å². The molecular weight excluding hydrogens is 647 g/mol. The highest BCUT2D eigenvalue weighted by atomic mass is 31.2. The van der Waals surface area contributed by atoms with Crippen LogP contribution in [0.5, 0.6) is 0 Å². The number of quaternary nitrogens is 8. The van der Waals surface area contributed by atoms with E-state index in [9.17, 15) is 25.5 Å². The van der Waals surface area contributed by atoms with Crippen molar-refractivity contribution < 1.29 is 90.6 Å². The summed E-state index contributed by atoms with van der Waals surface area (Å²) < 4.78 is 8.55. The molecule has 24 N–H and O–H groups in total. The second-order valence-corrected chi connectivity index (χ2v) is 15.3. The molecule has 1 aliphatic carbocycles. The normalized spacial score (nSPS) is 15.3. The fraction of sp³-hybridized carbons (Fsp3) is 1.00. The van der Waals surface area contributed by atoms with Crippen LogP contribution < -0.4 is 86.1 Å². The van der Waals surface area contributed by atoms with Crippen LogP contribution in [0.1, 0.15) is 130 Å². The fourth-order valence-electron chi connectivity index (χ4n) is 1.13. The minimum Gasteiger partial charge on any atom is -0.865 e. The molecule has 18 heteroatoms. The molecule has 0 aromatic heterocycles. The molecule has 0 saturated heterocycles. The molecule has 1 saturated carbocycles. The molecule has 1 unspecified atom stereocenters. The van der Waals surface area contributed by atoms with E-state index in [4.69, 9.17) is 19.2 Å². The van der Waals surface area contributed by atoms with E-state index in [1.54, 1.807) is 0 Å². The smallest absolute Gasteiger partial charge is 0.0786 e. The van der Waals surface area contributed by atoms with Gasteiger partial charge in [0.2, 0.25) is 0 Å². The zero-order valence-corrected chi connectivity index (χ0v) is 35.0. The second-order valence-electron chi connectivity index (χ2n) is 14.4. The molecule has 0 aliphatic heterocycles. The minimum absolute atomic E-state index is 0.0907. The van der Waals surface area contributed by atoms with Crippen LogP contribution in [0.25, 0.3) is 0 Å². The van der Waals surface area contributed by atoms with Gasteiger partial charge in [-0.05, 0) is 111 Å². The number of hydrogen-bond donors (Lipinski definition) is 8. The predicted molar refractivity (Wildman–Crippen MR) is 175 cm³/mol. The summed E-state index contributed by atoms with van der Waals surface area (Å²) in [4.78, 5) is 25.6. The van der Waals surface area contributed by atoms with Crippen molar-refractivity contribution in [3.8, 4) is 0 Å². The molecular formula is C30H87N8O9P. The molecule has 1 fully saturated rings. The lowest BCUT2D eigenvalue weighted by atomic mass is 9.86. The summed E-state index contributed by atoms with van der Waals surface area (Å²) in [6, 6.07) is 4.67. The van der Waals surface area contributed by atoms with E-state index in [1.165, 1.54) is 0 Å². The van der Waals surface area contributed by atoms with E-state index < -0.39 is 31.9 Å². The monoisotopic (exact) mass is 735 g/mol. The molecule has 0 aromatic rings. The lowest BCUT2D eigenvalue weighted by molar-refractivity contribution is -0.899. The first-order chi connectivity index (χ1) is 20.7. The molecule has 0 aromatic carbocycles. The van der Waals surface area contributed by atoms with Crippen molar-refractivity contribution in [3.63, 3.8) is 0 Å². The number of phosphoric acid groups is 1. The highest BCUT2D eigenvalue weighted by Gasteiger charge is 2.18. The zero-order chi connectivity index (χ0) is 41.8. The lowest BCUT2D eigenvalue weighted by Gasteiger charge is -2.82. The first-order valence-electron chi connectivity index (χ1n) is 16.6. The van der Waals surface area contributed by atoms with Crippen LogP contribution in [0, 0.1) is 0 Å². The standard InChI is InChI=1S/C6H7O5.8C3H9N.H3O4P/c7-4-2-1-3-5(8,9)6(4,10)11;8*1-3(2)4;1-5(2,3)4/h4H,1-3H2;8*3H,4H2,1-2H3;(H3,1,2,3,4)/q-5;;;;;;;;;/p+5. The first kappa shape index (κ1) is 69.4. The Labute approximate surface area is 294 Å². The third kappa shape index (κ3) is 194. The van der Waals surface area contributed by atoms with Gasteiger partial charge in [-0.25, -0.2) is 5.79 Å². The topological polar surface area (TPSA) is 423 Å². The molecule has 1 atom stereocenters. The van der Waals surface area contributed by atoms with Gasteiger partial charge >= 0.3 is 0 Å². The summed E-state index contributed by atoms with van der Waals surface area (Å²) in [7, 11) is -5.39. The van der Waals surface area contributed by atoms with Crippen molar-refractivity contribution in [3.05, 3.63) is 0 Å². The van der Waals surface area contributed by atoms with Gasteiger partial charge in [-0.2, -0.15) is 13.9 Å². The zero-order valence-electron chi connectivity index (χ0n) is 34.1. The maximum Gasteiger partial charge on any atom is 0.0786 e. The summed E-state index contributed by atoms with van der Waals surface area (Å²) in [5, 5.41) is 53.0. The van der Waals surface area contributed by atoms with E-state index in [2.05, 4.69) is 157 Å². The molecule has 48 heavy (non-hydrogen) atoms. The van der Waals surface area contributed by atoms with Gasteiger partial charge in [-0.15, -0.1) is 0 Å². The van der Waals surface area contributed by atoms with Gasteiger partial charge < -0.3 is 90.6 Å². The second kappa shape index (κ2) is 42.8. The average Bonchev–Trinajstić information content (AvgIpc) is 2.67. The van der Waals surface area contributed by atoms with E-state index >= 15 is 0 Å². The molecule has 306 valence electrons. The summed E-state index contributed by atoms with van der Waals surface area (Å²) in [5.41, 5.74) is 29.1.